The highest BCUT2D eigenvalue weighted by Crippen LogP contribution is 2.53. The van der Waals surface area contributed by atoms with Gasteiger partial charge in [0.1, 0.15) is 5.75 Å². The molecule has 4 rings (SSSR count). The molecule has 0 aromatic heterocycles. The molecule has 5 nitrogen and oxygen atoms in total. The third kappa shape index (κ3) is 4.24. The molecular weight excluding hydrogens is 438 g/mol. The van der Waals surface area contributed by atoms with E-state index in [9.17, 15) is 9.59 Å². The maximum absolute atomic E-state index is 13.6. The van der Waals surface area contributed by atoms with Gasteiger partial charge in [-0.05, 0) is 41.0 Å². The molecule has 2 atom stereocenters. The zero-order valence-electron chi connectivity index (χ0n) is 18.4. The summed E-state index contributed by atoms with van der Waals surface area (Å²) in [6.07, 6.45) is 3.40. The summed E-state index contributed by atoms with van der Waals surface area (Å²) in [5.74, 6) is -0.162. The van der Waals surface area contributed by atoms with Gasteiger partial charge in [0, 0.05) is 11.6 Å². The summed E-state index contributed by atoms with van der Waals surface area (Å²) >= 11 is 6.11. The van der Waals surface area contributed by atoms with Crippen LogP contribution in [-0.2, 0) is 20.9 Å². The summed E-state index contributed by atoms with van der Waals surface area (Å²) < 4.78 is 10.4. The molecule has 0 saturated carbocycles. The molecule has 0 N–H and O–H groups in total. The first-order valence-corrected chi connectivity index (χ1v) is 10.9. The van der Waals surface area contributed by atoms with Crippen LogP contribution in [-0.4, -0.2) is 31.0 Å². The van der Waals surface area contributed by atoms with Gasteiger partial charge in [0.05, 0.1) is 20.3 Å². The lowest BCUT2D eigenvalue weighted by atomic mass is 9.67. The Labute approximate surface area is 198 Å². The molecule has 0 radical (unpaired) electrons. The van der Waals surface area contributed by atoms with Gasteiger partial charge in [-0.1, -0.05) is 78.4 Å². The van der Waals surface area contributed by atoms with Gasteiger partial charge in [0.2, 0.25) is 5.91 Å². The molecule has 6 heteroatoms. The quantitative estimate of drug-likeness (QED) is 0.272. The number of halogens is 1. The van der Waals surface area contributed by atoms with Crippen molar-refractivity contribution in [3.8, 4) is 5.75 Å². The second-order valence-electron chi connectivity index (χ2n) is 7.84. The Morgan fingerprint density at radius 2 is 1.76 bits per heavy atom. The topological polar surface area (TPSA) is 55.8 Å². The maximum atomic E-state index is 13.6. The minimum absolute atomic E-state index is 0.308. The molecule has 33 heavy (non-hydrogen) atoms. The molecule has 0 bridgehead atoms. The Morgan fingerprint density at radius 1 is 1.03 bits per heavy atom. The zero-order valence-corrected chi connectivity index (χ0v) is 19.2. The number of nitrogens with zero attached hydrogens (tertiary/aromatic N) is 1. The number of methoxy groups -OCH3 is 2. The number of hydrogen-bond donors (Lipinski definition) is 0. The fourth-order valence-corrected chi connectivity index (χ4v) is 4.46. The van der Waals surface area contributed by atoms with Gasteiger partial charge in [-0.3, -0.25) is 9.59 Å². The number of amides is 1. The highest BCUT2D eigenvalue weighted by Gasteiger charge is 2.65. The molecular formula is C27H24ClNO4. The van der Waals surface area contributed by atoms with Crippen LogP contribution in [0.5, 0.6) is 5.75 Å². The number of esters is 1. The van der Waals surface area contributed by atoms with Crippen LogP contribution in [0.25, 0.3) is 6.08 Å². The van der Waals surface area contributed by atoms with Crippen molar-refractivity contribution in [3.63, 3.8) is 0 Å². The van der Waals surface area contributed by atoms with Gasteiger partial charge in [0.25, 0.3) is 0 Å². The summed E-state index contributed by atoms with van der Waals surface area (Å²) in [4.78, 5) is 28.4. The van der Waals surface area contributed by atoms with Crippen LogP contribution in [0.3, 0.4) is 0 Å². The fourth-order valence-electron chi connectivity index (χ4n) is 4.26. The molecule has 3 aromatic carbocycles. The highest BCUT2D eigenvalue weighted by atomic mass is 35.5. The third-order valence-corrected chi connectivity index (χ3v) is 6.13. The van der Waals surface area contributed by atoms with Crippen LogP contribution in [0.1, 0.15) is 22.7 Å². The Balaban J connectivity index is 1.75. The van der Waals surface area contributed by atoms with E-state index >= 15 is 0 Å². The predicted molar refractivity (Wildman–Crippen MR) is 128 cm³/mol. The molecule has 3 aromatic rings. The lowest BCUT2D eigenvalue weighted by molar-refractivity contribution is -0.184. The molecule has 1 aliphatic rings. The first kappa shape index (κ1) is 22.6. The van der Waals surface area contributed by atoms with E-state index in [1.165, 1.54) is 7.11 Å². The number of ether oxygens (including phenoxy) is 2. The monoisotopic (exact) mass is 461 g/mol. The van der Waals surface area contributed by atoms with Crippen LogP contribution in [0.4, 0.5) is 0 Å². The van der Waals surface area contributed by atoms with E-state index in [2.05, 4.69) is 0 Å². The van der Waals surface area contributed by atoms with Crippen molar-refractivity contribution >= 4 is 29.6 Å². The first-order valence-electron chi connectivity index (χ1n) is 10.5. The minimum Gasteiger partial charge on any atom is -0.497 e. The normalized spacial score (nSPS) is 19.9. The van der Waals surface area contributed by atoms with E-state index in [0.29, 0.717) is 11.6 Å². The molecule has 1 aliphatic heterocycles. The molecule has 0 unspecified atom stereocenters. The minimum atomic E-state index is -1.47. The third-order valence-electron chi connectivity index (χ3n) is 5.90. The number of rotatable bonds is 7. The molecule has 168 valence electrons. The van der Waals surface area contributed by atoms with E-state index in [4.69, 9.17) is 21.1 Å². The molecule has 0 spiro atoms. The Morgan fingerprint density at radius 3 is 2.39 bits per heavy atom. The average molecular weight is 462 g/mol. The lowest BCUT2D eigenvalue weighted by Crippen LogP contribution is -2.65. The van der Waals surface area contributed by atoms with E-state index in [-0.39, 0.29) is 5.91 Å². The van der Waals surface area contributed by atoms with E-state index < -0.39 is 17.4 Å². The van der Waals surface area contributed by atoms with Gasteiger partial charge in [-0.2, -0.15) is 0 Å². The van der Waals surface area contributed by atoms with Gasteiger partial charge in [-0.15, -0.1) is 0 Å². The SMILES string of the molecule is COC(=O)[C@]1(/C=C/c2cccc(Cl)c2)C(=O)N(Cc2ccc(OC)cc2)[C@@H]1c1ccccc1. The molecule has 1 heterocycles. The highest BCUT2D eigenvalue weighted by molar-refractivity contribution is 6.30. The van der Waals surface area contributed by atoms with Crippen molar-refractivity contribution in [3.05, 3.63) is 107 Å². The van der Waals surface area contributed by atoms with Crippen molar-refractivity contribution in [2.24, 2.45) is 5.41 Å². The summed E-state index contributed by atoms with van der Waals surface area (Å²) in [5.41, 5.74) is 1.11. The zero-order chi connectivity index (χ0) is 23.4. The van der Waals surface area contributed by atoms with Crippen LogP contribution in [0.15, 0.2) is 84.9 Å². The smallest absolute Gasteiger partial charge is 0.327 e. The fraction of sp³-hybridized carbons (Fsp3) is 0.185. The summed E-state index contributed by atoms with van der Waals surface area (Å²) in [5, 5.41) is 0.574. The van der Waals surface area contributed by atoms with Gasteiger partial charge >= 0.3 is 5.97 Å². The first-order chi connectivity index (χ1) is 16.0. The molecule has 1 saturated heterocycles. The molecule has 0 aliphatic carbocycles. The van der Waals surface area contributed by atoms with Crippen LogP contribution in [0.2, 0.25) is 5.02 Å². The number of likely N-dealkylation sites (tertiary alicyclic amines) is 1. The predicted octanol–water partition coefficient (Wildman–Crippen LogP) is 5.30. The second kappa shape index (κ2) is 9.51. The molecule has 1 amide bonds. The number of benzene rings is 3. The number of carbonyl (C=O) groups is 2. The largest absolute Gasteiger partial charge is 0.497 e. The summed E-state index contributed by atoms with van der Waals surface area (Å²) in [7, 11) is 2.91. The van der Waals surface area contributed by atoms with Crippen molar-refractivity contribution in [1.82, 2.24) is 4.90 Å². The Bertz CT molecular complexity index is 1180. The number of hydrogen-bond acceptors (Lipinski definition) is 4. The average Bonchev–Trinajstić information content (AvgIpc) is 2.85. The maximum Gasteiger partial charge on any atom is 0.327 e. The van der Waals surface area contributed by atoms with Crippen LogP contribution >= 0.6 is 11.6 Å². The van der Waals surface area contributed by atoms with Crippen molar-refractivity contribution < 1.29 is 19.1 Å². The van der Waals surface area contributed by atoms with E-state index in [1.54, 1.807) is 36.3 Å². The van der Waals surface area contributed by atoms with Crippen molar-refractivity contribution in [2.45, 2.75) is 12.6 Å². The van der Waals surface area contributed by atoms with Gasteiger partial charge in [-0.25, -0.2) is 0 Å². The van der Waals surface area contributed by atoms with Crippen molar-refractivity contribution in [2.75, 3.05) is 14.2 Å². The second-order valence-corrected chi connectivity index (χ2v) is 8.28. The van der Waals surface area contributed by atoms with Crippen LogP contribution < -0.4 is 4.74 Å². The standard InChI is InChI=1S/C27H24ClNO4/c1-32-23-13-11-20(12-14-23)18-29-24(21-8-4-3-5-9-21)27(25(29)30,26(31)33-2)16-15-19-7-6-10-22(28)17-19/h3-17,24H,18H2,1-2H3/b16-15+/t24-,27+/m1/s1. The Hall–Kier alpha value is -3.57. The number of carbonyl (C=O) groups excluding carboxylic acids is 2. The lowest BCUT2D eigenvalue weighted by Gasteiger charge is -2.53. The summed E-state index contributed by atoms with van der Waals surface area (Å²) in [6, 6.07) is 23.8. The summed E-state index contributed by atoms with van der Waals surface area (Å²) in [6.45, 7) is 0.353. The van der Waals surface area contributed by atoms with Gasteiger partial charge < -0.3 is 14.4 Å². The number of β-lactam (4-membered cyclic amide) rings is 1. The van der Waals surface area contributed by atoms with Gasteiger partial charge in [0.15, 0.2) is 5.41 Å². The van der Waals surface area contributed by atoms with E-state index in [0.717, 1.165) is 22.4 Å². The van der Waals surface area contributed by atoms with Crippen molar-refractivity contribution in [1.29, 1.82) is 0 Å². The Kier molecular flexibility index (Phi) is 6.52. The van der Waals surface area contributed by atoms with E-state index in [1.807, 2.05) is 66.7 Å². The van der Waals surface area contributed by atoms with Crippen LogP contribution in [0, 0.1) is 5.41 Å². The molecule has 1 fully saturated rings.